The fraction of sp³-hybridized carbons (Fsp3) is 0.296. The maximum atomic E-state index is 6.42. The second-order valence-electron chi connectivity index (χ2n) is 9.15. The molecule has 0 unspecified atom stereocenters. The maximum Gasteiger partial charge on any atom is 0.169 e. The van der Waals surface area contributed by atoms with Crippen LogP contribution in [0.15, 0.2) is 64.5 Å². The minimum atomic E-state index is 0.0788. The molecule has 6 heteroatoms. The van der Waals surface area contributed by atoms with Crippen LogP contribution < -0.4 is 10.6 Å². The Morgan fingerprint density at radius 2 is 1.67 bits per heavy atom. The molecule has 1 aliphatic rings. The van der Waals surface area contributed by atoms with E-state index < -0.39 is 0 Å². The Morgan fingerprint density at radius 1 is 1.00 bits per heavy atom. The van der Waals surface area contributed by atoms with Crippen molar-refractivity contribution in [3.05, 3.63) is 77.1 Å². The lowest BCUT2D eigenvalue weighted by Gasteiger charge is -2.34. The van der Waals surface area contributed by atoms with Crippen LogP contribution in [0.2, 0.25) is 0 Å². The summed E-state index contributed by atoms with van der Waals surface area (Å²) in [5.41, 5.74) is 11.6. The lowest BCUT2D eigenvalue weighted by molar-refractivity contribution is 0.590. The van der Waals surface area contributed by atoms with E-state index in [1.807, 2.05) is 6.92 Å². The number of rotatable bonds is 4. The van der Waals surface area contributed by atoms with E-state index in [9.17, 15) is 0 Å². The highest BCUT2D eigenvalue weighted by Crippen LogP contribution is 2.41. The average Bonchev–Trinajstić information content (AvgIpc) is 2.78. The van der Waals surface area contributed by atoms with Crippen LogP contribution in [-0.2, 0) is 5.41 Å². The van der Waals surface area contributed by atoms with Crippen LogP contribution in [0.1, 0.15) is 56.6 Å². The zero-order chi connectivity index (χ0) is 23.8. The van der Waals surface area contributed by atoms with Crippen LogP contribution in [0.3, 0.4) is 0 Å². The summed E-state index contributed by atoms with van der Waals surface area (Å²) in [4.78, 5) is 17.5. The molecule has 0 saturated heterocycles. The number of hydrogen-bond acceptors (Lipinski definition) is 6. The van der Waals surface area contributed by atoms with Crippen LogP contribution in [0, 0.1) is 6.92 Å². The SMILES string of the molecule is CCC=C1c2c(N)nc(C)nc2N=C(c2ccc(SC)cc2)N1c1ccc(C(C)(C)C)cc1. The molecular formula is C27H31N5S. The molecule has 0 bridgehead atoms. The normalized spacial score (nSPS) is 14.9. The molecular weight excluding hydrogens is 426 g/mol. The second kappa shape index (κ2) is 9.02. The summed E-state index contributed by atoms with van der Waals surface area (Å²) < 4.78 is 0. The van der Waals surface area contributed by atoms with E-state index in [4.69, 9.17) is 10.7 Å². The van der Waals surface area contributed by atoms with Crippen molar-refractivity contribution >= 4 is 40.6 Å². The Labute approximate surface area is 200 Å². The van der Waals surface area contributed by atoms with Gasteiger partial charge >= 0.3 is 0 Å². The molecule has 0 amide bonds. The summed E-state index contributed by atoms with van der Waals surface area (Å²) in [6.07, 6.45) is 5.10. The van der Waals surface area contributed by atoms with Gasteiger partial charge in [-0.25, -0.2) is 15.0 Å². The summed E-state index contributed by atoms with van der Waals surface area (Å²) in [5, 5.41) is 0. The minimum absolute atomic E-state index is 0.0788. The van der Waals surface area contributed by atoms with Gasteiger partial charge in [-0.05, 0) is 54.8 Å². The van der Waals surface area contributed by atoms with Crippen LogP contribution in [0.25, 0.3) is 5.70 Å². The van der Waals surface area contributed by atoms with E-state index in [1.54, 1.807) is 11.8 Å². The molecule has 2 N–H and O–H groups in total. The maximum absolute atomic E-state index is 6.42. The van der Waals surface area contributed by atoms with Gasteiger partial charge in [-0.2, -0.15) is 0 Å². The summed E-state index contributed by atoms with van der Waals surface area (Å²) in [6, 6.07) is 17.2. The summed E-state index contributed by atoms with van der Waals surface area (Å²) in [7, 11) is 0. The van der Waals surface area contributed by atoms with Gasteiger partial charge in [-0.3, -0.25) is 4.90 Å². The van der Waals surface area contributed by atoms with Crippen molar-refractivity contribution < 1.29 is 0 Å². The first kappa shape index (κ1) is 23.1. The molecule has 5 nitrogen and oxygen atoms in total. The number of hydrogen-bond donors (Lipinski definition) is 1. The lowest BCUT2D eigenvalue weighted by Crippen LogP contribution is -2.33. The molecule has 33 heavy (non-hydrogen) atoms. The number of allylic oxidation sites excluding steroid dienone is 1. The van der Waals surface area contributed by atoms with Gasteiger partial charge in [0.25, 0.3) is 0 Å². The molecule has 2 heterocycles. The first-order chi connectivity index (χ1) is 15.7. The number of nitrogens with two attached hydrogens (primary N) is 1. The Balaban J connectivity index is 1.96. The lowest BCUT2D eigenvalue weighted by atomic mass is 9.87. The Morgan fingerprint density at radius 3 is 2.24 bits per heavy atom. The van der Waals surface area contributed by atoms with E-state index in [0.717, 1.165) is 34.8 Å². The van der Waals surface area contributed by atoms with Crippen LogP contribution in [0.4, 0.5) is 17.3 Å². The number of fused-ring (bicyclic) bond motifs is 1. The van der Waals surface area contributed by atoms with Crippen molar-refractivity contribution in [1.29, 1.82) is 0 Å². The van der Waals surface area contributed by atoms with Gasteiger partial charge in [0.2, 0.25) is 0 Å². The fourth-order valence-electron chi connectivity index (χ4n) is 3.97. The van der Waals surface area contributed by atoms with Crippen molar-refractivity contribution in [2.75, 3.05) is 16.9 Å². The molecule has 170 valence electrons. The number of benzene rings is 2. The van der Waals surface area contributed by atoms with E-state index in [2.05, 4.69) is 103 Å². The van der Waals surface area contributed by atoms with Crippen molar-refractivity contribution in [1.82, 2.24) is 9.97 Å². The topological polar surface area (TPSA) is 67.4 Å². The molecule has 1 aromatic heterocycles. The first-order valence-corrected chi connectivity index (χ1v) is 12.4. The molecule has 0 atom stereocenters. The van der Waals surface area contributed by atoms with Crippen molar-refractivity contribution in [3.8, 4) is 0 Å². The molecule has 3 aromatic rings. The Kier molecular flexibility index (Phi) is 6.30. The van der Waals surface area contributed by atoms with Crippen LogP contribution in [-0.4, -0.2) is 22.1 Å². The third-order valence-electron chi connectivity index (χ3n) is 5.69. The van der Waals surface area contributed by atoms with E-state index in [-0.39, 0.29) is 5.41 Å². The molecule has 0 fully saturated rings. The van der Waals surface area contributed by atoms with Gasteiger partial charge in [-0.15, -0.1) is 11.8 Å². The van der Waals surface area contributed by atoms with E-state index in [1.165, 1.54) is 10.5 Å². The van der Waals surface area contributed by atoms with Gasteiger partial charge in [0.1, 0.15) is 17.5 Å². The molecule has 0 saturated carbocycles. The highest BCUT2D eigenvalue weighted by Gasteiger charge is 2.31. The monoisotopic (exact) mass is 457 g/mol. The molecule has 1 aliphatic heterocycles. The number of aryl methyl sites for hydroxylation is 1. The van der Waals surface area contributed by atoms with Crippen molar-refractivity contribution in [2.24, 2.45) is 4.99 Å². The quantitative estimate of drug-likeness (QED) is 0.440. The van der Waals surface area contributed by atoms with Crippen molar-refractivity contribution in [3.63, 3.8) is 0 Å². The third-order valence-corrected chi connectivity index (χ3v) is 6.43. The highest BCUT2D eigenvalue weighted by atomic mass is 32.2. The third kappa shape index (κ3) is 4.53. The number of thioether (sulfide) groups is 1. The standard InChI is InChI=1S/C27H31N5S/c1-7-8-22-23-24(28)29-17(2)30-25(23)31-26(18-9-15-21(33-6)16-10-18)32(22)20-13-11-19(12-14-20)27(3,4)5/h8-16H,7H2,1-6H3,(H2,28,29,30). The van der Waals surface area contributed by atoms with Gasteiger partial charge in [0.05, 0.1) is 11.3 Å². The number of nitrogens with zero attached hydrogens (tertiary/aromatic N) is 4. The zero-order valence-electron chi connectivity index (χ0n) is 20.2. The number of aromatic nitrogens is 2. The smallest absolute Gasteiger partial charge is 0.169 e. The summed E-state index contributed by atoms with van der Waals surface area (Å²) in [6.45, 7) is 10.6. The Hall–Kier alpha value is -3.12. The second-order valence-corrected chi connectivity index (χ2v) is 10.0. The first-order valence-electron chi connectivity index (χ1n) is 11.2. The Bertz CT molecular complexity index is 1220. The van der Waals surface area contributed by atoms with E-state index in [0.29, 0.717) is 17.5 Å². The van der Waals surface area contributed by atoms with E-state index >= 15 is 0 Å². The van der Waals surface area contributed by atoms with Crippen molar-refractivity contribution in [2.45, 2.75) is 51.3 Å². The summed E-state index contributed by atoms with van der Waals surface area (Å²) >= 11 is 1.72. The highest BCUT2D eigenvalue weighted by molar-refractivity contribution is 7.98. The van der Waals surface area contributed by atoms with Gasteiger partial charge in [0, 0.05) is 16.1 Å². The number of anilines is 2. The molecule has 4 rings (SSSR count). The predicted octanol–water partition coefficient (Wildman–Crippen LogP) is 6.74. The number of aliphatic imine (C=N–C) groups is 1. The fourth-order valence-corrected chi connectivity index (χ4v) is 4.38. The van der Waals surface area contributed by atoms with Crippen LogP contribution in [0.5, 0.6) is 0 Å². The largest absolute Gasteiger partial charge is 0.383 e. The summed E-state index contributed by atoms with van der Waals surface area (Å²) in [5.74, 6) is 2.52. The zero-order valence-corrected chi connectivity index (χ0v) is 21.0. The number of amidine groups is 1. The minimum Gasteiger partial charge on any atom is -0.383 e. The van der Waals surface area contributed by atoms with Crippen LogP contribution >= 0.6 is 11.8 Å². The number of nitrogen functional groups attached to an aromatic ring is 1. The molecule has 0 radical (unpaired) electrons. The molecule has 0 aliphatic carbocycles. The van der Waals surface area contributed by atoms with Gasteiger partial charge in [0.15, 0.2) is 5.82 Å². The molecule has 2 aromatic carbocycles. The average molecular weight is 458 g/mol. The van der Waals surface area contributed by atoms with Gasteiger partial charge in [-0.1, -0.05) is 58.0 Å². The van der Waals surface area contributed by atoms with Gasteiger partial charge < -0.3 is 5.73 Å². The molecule has 0 spiro atoms. The predicted molar refractivity (Wildman–Crippen MR) is 141 cm³/mol.